The van der Waals surface area contributed by atoms with Crippen LogP contribution in [0.1, 0.15) is 13.8 Å². The van der Waals surface area contributed by atoms with Crippen LogP contribution in [-0.4, -0.2) is 16.8 Å². The summed E-state index contributed by atoms with van der Waals surface area (Å²) in [6, 6.07) is 9.83. The van der Waals surface area contributed by atoms with E-state index in [0.29, 0.717) is 11.3 Å². The third-order valence-electron chi connectivity index (χ3n) is 1.95. The predicted molar refractivity (Wildman–Crippen MR) is 67.7 cm³/mol. The molecule has 1 rings (SSSR count). The summed E-state index contributed by atoms with van der Waals surface area (Å²) in [5.41, 5.74) is 0.476. The van der Waals surface area contributed by atoms with Crippen molar-refractivity contribution in [1.29, 1.82) is 0 Å². The Labute approximate surface area is 100 Å². The lowest BCUT2D eigenvalue weighted by Gasteiger charge is -2.04. The molecule has 1 aromatic carbocycles. The highest BCUT2D eigenvalue weighted by atomic mass is 32.2. The Morgan fingerprint density at radius 1 is 1.38 bits per heavy atom. The summed E-state index contributed by atoms with van der Waals surface area (Å²) < 4.78 is 0. The molecule has 0 saturated carbocycles. The van der Waals surface area contributed by atoms with Crippen molar-refractivity contribution in [3.05, 3.63) is 42.0 Å². The van der Waals surface area contributed by atoms with Gasteiger partial charge in [-0.1, -0.05) is 38.1 Å². The minimum Gasteiger partial charge on any atom is -0.478 e. The van der Waals surface area contributed by atoms with Gasteiger partial charge in [-0.05, 0) is 18.1 Å². The number of hydrogen-bond acceptors (Lipinski definition) is 2. The molecular formula is C13H16O2S. The lowest BCUT2D eigenvalue weighted by molar-refractivity contribution is -0.132. The van der Waals surface area contributed by atoms with Gasteiger partial charge in [0.25, 0.3) is 0 Å². The summed E-state index contributed by atoms with van der Waals surface area (Å²) in [4.78, 5) is 12.1. The van der Waals surface area contributed by atoms with Crippen LogP contribution < -0.4 is 0 Å². The van der Waals surface area contributed by atoms with E-state index in [9.17, 15) is 4.79 Å². The highest BCUT2D eigenvalue weighted by molar-refractivity contribution is 7.99. The Morgan fingerprint density at radius 2 is 2.00 bits per heavy atom. The second-order valence-corrected chi connectivity index (χ2v) is 4.89. The maximum Gasteiger partial charge on any atom is 0.332 e. The van der Waals surface area contributed by atoms with E-state index in [1.54, 1.807) is 17.8 Å². The first kappa shape index (κ1) is 12.8. The van der Waals surface area contributed by atoms with Gasteiger partial charge in [0, 0.05) is 16.2 Å². The molecule has 0 atom stereocenters. The zero-order valence-electron chi connectivity index (χ0n) is 9.51. The number of benzene rings is 1. The van der Waals surface area contributed by atoms with E-state index in [4.69, 9.17) is 5.11 Å². The van der Waals surface area contributed by atoms with Crippen LogP contribution in [0, 0.1) is 5.92 Å². The smallest absolute Gasteiger partial charge is 0.332 e. The fourth-order valence-electron chi connectivity index (χ4n) is 1.26. The largest absolute Gasteiger partial charge is 0.478 e. The summed E-state index contributed by atoms with van der Waals surface area (Å²) in [6.07, 6.45) is 1.80. The highest BCUT2D eigenvalue weighted by Crippen LogP contribution is 2.20. The SMILES string of the molecule is CC(C)/C=C(\CSc1ccccc1)C(=O)O. The van der Waals surface area contributed by atoms with E-state index in [1.165, 1.54) is 0 Å². The van der Waals surface area contributed by atoms with E-state index in [0.717, 1.165) is 4.90 Å². The Balaban J connectivity index is 2.61. The number of thioether (sulfide) groups is 1. The Bertz CT molecular complexity index is 369. The Kier molecular flexibility index (Phi) is 5.12. The van der Waals surface area contributed by atoms with Gasteiger partial charge in [-0.25, -0.2) is 4.79 Å². The standard InChI is InChI=1S/C13H16O2S/c1-10(2)8-11(13(14)15)9-16-12-6-4-3-5-7-12/h3-8,10H,9H2,1-2H3,(H,14,15)/b11-8+. The van der Waals surface area contributed by atoms with Crippen molar-refractivity contribution >= 4 is 17.7 Å². The number of allylic oxidation sites excluding steroid dienone is 1. The summed E-state index contributed by atoms with van der Waals surface area (Å²) in [5, 5.41) is 9.02. The van der Waals surface area contributed by atoms with Crippen molar-refractivity contribution in [2.24, 2.45) is 5.92 Å². The van der Waals surface area contributed by atoms with Crippen LogP contribution in [0.25, 0.3) is 0 Å². The highest BCUT2D eigenvalue weighted by Gasteiger charge is 2.08. The maximum absolute atomic E-state index is 11.0. The quantitative estimate of drug-likeness (QED) is 0.628. The zero-order chi connectivity index (χ0) is 12.0. The molecule has 1 aromatic rings. The van der Waals surface area contributed by atoms with E-state index in [-0.39, 0.29) is 5.92 Å². The van der Waals surface area contributed by atoms with Crippen LogP contribution >= 0.6 is 11.8 Å². The van der Waals surface area contributed by atoms with Crippen molar-refractivity contribution in [3.63, 3.8) is 0 Å². The second kappa shape index (κ2) is 6.38. The number of carbonyl (C=O) groups is 1. The monoisotopic (exact) mass is 236 g/mol. The van der Waals surface area contributed by atoms with E-state index < -0.39 is 5.97 Å². The zero-order valence-corrected chi connectivity index (χ0v) is 10.3. The average Bonchev–Trinajstić information content (AvgIpc) is 2.25. The van der Waals surface area contributed by atoms with Gasteiger partial charge in [0.15, 0.2) is 0 Å². The molecule has 0 fully saturated rings. The molecule has 3 heteroatoms. The van der Waals surface area contributed by atoms with Crippen LogP contribution in [-0.2, 0) is 4.79 Å². The number of hydrogen-bond donors (Lipinski definition) is 1. The van der Waals surface area contributed by atoms with E-state index in [2.05, 4.69) is 0 Å². The van der Waals surface area contributed by atoms with Crippen molar-refractivity contribution in [1.82, 2.24) is 0 Å². The maximum atomic E-state index is 11.0. The Hall–Kier alpha value is -1.22. The molecule has 0 saturated heterocycles. The summed E-state index contributed by atoms with van der Waals surface area (Å²) in [5.74, 6) is -0.0445. The minimum atomic E-state index is -0.822. The molecular weight excluding hydrogens is 220 g/mol. The van der Waals surface area contributed by atoms with Crippen LogP contribution in [0.3, 0.4) is 0 Å². The van der Waals surface area contributed by atoms with Gasteiger partial charge in [0.2, 0.25) is 0 Å². The van der Waals surface area contributed by atoms with Crippen LogP contribution in [0.2, 0.25) is 0 Å². The Morgan fingerprint density at radius 3 is 2.50 bits per heavy atom. The van der Waals surface area contributed by atoms with Crippen molar-refractivity contribution < 1.29 is 9.90 Å². The molecule has 2 nitrogen and oxygen atoms in total. The topological polar surface area (TPSA) is 37.3 Å². The summed E-state index contributed by atoms with van der Waals surface area (Å²) in [6.45, 7) is 3.96. The minimum absolute atomic E-state index is 0.266. The predicted octanol–water partition coefficient (Wildman–Crippen LogP) is 3.45. The molecule has 0 unspecified atom stereocenters. The average molecular weight is 236 g/mol. The number of carboxylic acid groups (broad SMARTS) is 1. The molecule has 16 heavy (non-hydrogen) atoms. The van der Waals surface area contributed by atoms with Gasteiger partial charge in [-0.3, -0.25) is 0 Å². The molecule has 0 aliphatic carbocycles. The fourth-order valence-corrected chi connectivity index (χ4v) is 2.15. The van der Waals surface area contributed by atoms with E-state index >= 15 is 0 Å². The molecule has 0 radical (unpaired) electrons. The van der Waals surface area contributed by atoms with Crippen molar-refractivity contribution in [3.8, 4) is 0 Å². The molecule has 0 heterocycles. The molecule has 0 aliphatic heterocycles. The first-order chi connectivity index (χ1) is 7.59. The van der Waals surface area contributed by atoms with Crippen LogP contribution in [0.4, 0.5) is 0 Å². The first-order valence-electron chi connectivity index (χ1n) is 5.21. The van der Waals surface area contributed by atoms with Gasteiger partial charge in [0.1, 0.15) is 0 Å². The van der Waals surface area contributed by atoms with Crippen molar-refractivity contribution in [2.75, 3.05) is 5.75 Å². The third-order valence-corrected chi connectivity index (χ3v) is 3.01. The van der Waals surface area contributed by atoms with Crippen LogP contribution in [0.15, 0.2) is 46.9 Å². The molecule has 0 aromatic heterocycles. The van der Waals surface area contributed by atoms with Gasteiger partial charge < -0.3 is 5.11 Å². The number of rotatable bonds is 5. The lowest BCUT2D eigenvalue weighted by atomic mass is 10.1. The van der Waals surface area contributed by atoms with Crippen LogP contribution in [0.5, 0.6) is 0 Å². The number of carboxylic acids is 1. The molecule has 0 amide bonds. The van der Waals surface area contributed by atoms with E-state index in [1.807, 2.05) is 44.2 Å². The third kappa shape index (κ3) is 4.53. The molecule has 86 valence electrons. The lowest BCUT2D eigenvalue weighted by Crippen LogP contribution is -2.04. The number of aliphatic carboxylic acids is 1. The van der Waals surface area contributed by atoms with Gasteiger partial charge >= 0.3 is 5.97 Å². The van der Waals surface area contributed by atoms with Crippen molar-refractivity contribution in [2.45, 2.75) is 18.7 Å². The molecule has 1 N–H and O–H groups in total. The summed E-state index contributed by atoms with van der Waals surface area (Å²) in [7, 11) is 0. The molecule has 0 aliphatic rings. The molecule has 0 bridgehead atoms. The van der Waals surface area contributed by atoms with Gasteiger partial charge in [-0.15, -0.1) is 11.8 Å². The second-order valence-electron chi connectivity index (χ2n) is 3.84. The van der Waals surface area contributed by atoms with Gasteiger partial charge in [0.05, 0.1) is 0 Å². The van der Waals surface area contributed by atoms with Gasteiger partial charge in [-0.2, -0.15) is 0 Å². The normalized spacial score (nSPS) is 11.8. The fraction of sp³-hybridized carbons (Fsp3) is 0.308. The summed E-state index contributed by atoms with van der Waals surface area (Å²) >= 11 is 1.55. The molecule has 0 spiro atoms. The first-order valence-corrected chi connectivity index (χ1v) is 6.20.